The molecule has 1 saturated carbocycles. The van der Waals surface area contributed by atoms with E-state index in [1.807, 2.05) is 24.3 Å². The lowest BCUT2D eigenvalue weighted by atomic mass is 10.2. The van der Waals surface area contributed by atoms with Gasteiger partial charge in [-0.25, -0.2) is 9.67 Å². The Bertz CT molecular complexity index is 656. The van der Waals surface area contributed by atoms with Crippen LogP contribution in [0.3, 0.4) is 0 Å². The molecule has 3 N–H and O–H groups in total. The van der Waals surface area contributed by atoms with Crippen molar-refractivity contribution in [3.63, 3.8) is 0 Å². The van der Waals surface area contributed by atoms with E-state index in [2.05, 4.69) is 31.3 Å². The molecule has 1 aromatic carbocycles. The summed E-state index contributed by atoms with van der Waals surface area (Å²) in [5, 5.41) is 6.86. The first-order valence-electron chi connectivity index (χ1n) is 6.29. The van der Waals surface area contributed by atoms with Gasteiger partial charge in [0.1, 0.15) is 6.33 Å². The Balaban J connectivity index is 0.00000161. The fourth-order valence-corrected chi connectivity index (χ4v) is 2.28. The number of nitrogens with one attached hydrogen (secondary N) is 1. The highest BCUT2D eigenvalue weighted by atomic mass is 79.9. The minimum Gasteiger partial charge on any atom is -0.317 e. The number of nitrogens with zero attached hydrogens (tertiary/aromatic N) is 3. The molecule has 0 spiro atoms. The number of aromatic nitrogens is 3. The molecular weight excluding hydrogens is 358 g/mol. The lowest BCUT2D eigenvalue weighted by Crippen LogP contribution is -2.38. The Hall–Kier alpha value is -1.44. The molecule has 1 fully saturated rings. The maximum absolute atomic E-state index is 11.8. The number of anilines is 1. The summed E-state index contributed by atoms with van der Waals surface area (Å²) in [7, 11) is 0. The van der Waals surface area contributed by atoms with E-state index in [-0.39, 0.29) is 18.3 Å². The summed E-state index contributed by atoms with van der Waals surface area (Å²) in [6.07, 6.45) is 3.03. The third kappa shape index (κ3) is 3.81. The predicted molar refractivity (Wildman–Crippen MR) is 85.3 cm³/mol. The maximum atomic E-state index is 11.8. The van der Waals surface area contributed by atoms with Crippen LogP contribution >= 0.6 is 28.3 Å². The summed E-state index contributed by atoms with van der Waals surface area (Å²) in [5.74, 6) is 0.0828. The van der Waals surface area contributed by atoms with Crippen molar-refractivity contribution in [2.75, 3.05) is 5.32 Å². The van der Waals surface area contributed by atoms with E-state index < -0.39 is 5.54 Å². The monoisotopic (exact) mass is 371 g/mol. The first-order valence-corrected chi connectivity index (χ1v) is 7.09. The molecule has 1 aromatic heterocycles. The average molecular weight is 373 g/mol. The van der Waals surface area contributed by atoms with Gasteiger partial charge in [-0.3, -0.25) is 10.1 Å². The smallest absolute Gasteiger partial charge is 0.248 e. The number of halogens is 2. The van der Waals surface area contributed by atoms with Gasteiger partial charge in [-0.1, -0.05) is 28.1 Å². The van der Waals surface area contributed by atoms with Crippen LogP contribution in [0.1, 0.15) is 18.4 Å². The van der Waals surface area contributed by atoms with E-state index in [1.54, 1.807) is 11.0 Å². The molecule has 112 valence electrons. The molecule has 2 aromatic rings. The maximum Gasteiger partial charge on any atom is 0.248 e. The average Bonchev–Trinajstić information content (AvgIpc) is 3.01. The number of carbonyl (C=O) groups excluding carboxylic acids is 1. The quantitative estimate of drug-likeness (QED) is 0.859. The molecule has 1 amide bonds. The second-order valence-electron chi connectivity index (χ2n) is 5.01. The van der Waals surface area contributed by atoms with Crippen molar-refractivity contribution in [3.8, 4) is 0 Å². The minimum atomic E-state index is -0.713. The Morgan fingerprint density at radius 1 is 1.48 bits per heavy atom. The summed E-state index contributed by atoms with van der Waals surface area (Å²) in [6, 6.07) is 7.94. The van der Waals surface area contributed by atoms with E-state index in [0.717, 1.165) is 22.9 Å². The standard InChI is InChI=1S/C13H14BrN5O.ClH/c14-10-3-1-2-9(6-10)7-19-8-16-12(18-19)17-11(20)13(15)4-5-13;/h1-3,6,8H,4-5,7,15H2,(H,17,18,20);1H. The highest BCUT2D eigenvalue weighted by Gasteiger charge is 2.46. The molecule has 8 heteroatoms. The van der Waals surface area contributed by atoms with Gasteiger partial charge in [-0.15, -0.1) is 17.5 Å². The molecule has 0 atom stereocenters. The number of amides is 1. The predicted octanol–water partition coefficient (Wildman–Crippen LogP) is 1.94. The highest BCUT2D eigenvalue weighted by Crippen LogP contribution is 2.32. The van der Waals surface area contributed by atoms with Gasteiger partial charge in [-0.05, 0) is 30.5 Å². The number of benzene rings is 1. The lowest BCUT2D eigenvalue weighted by Gasteiger charge is -2.06. The molecular formula is C13H15BrClN5O. The van der Waals surface area contributed by atoms with Crippen molar-refractivity contribution >= 4 is 40.2 Å². The fraction of sp³-hybridized carbons (Fsp3) is 0.308. The summed E-state index contributed by atoms with van der Waals surface area (Å²) in [6.45, 7) is 0.593. The normalized spacial score (nSPS) is 15.1. The Labute approximate surface area is 136 Å². The zero-order valence-corrected chi connectivity index (χ0v) is 13.5. The lowest BCUT2D eigenvalue weighted by molar-refractivity contribution is -0.118. The van der Waals surface area contributed by atoms with Gasteiger partial charge in [0.05, 0.1) is 12.1 Å². The van der Waals surface area contributed by atoms with Crippen LogP contribution in [-0.2, 0) is 11.3 Å². The number of hydrogen-bond donors (Lipinski definition) is 2. The number of rotatable bonds is 4. The first-order chi connectivity index (χ1) is 9.55. The second kappa shape index (κ2) is 6.13. The molecule has 1 heterocycles. The van der Waals surface area contributed by atoms with Crippen molar-refractivity contribution in [2.45, 2.75) is 24.9 Å². The van der Waals surface area contributed by atoms with Gasteiger partial charge in [0.15, 0.2) is 0 Å². The van der Waals surface area contributed by atoms with Crippen LogP contribution in [0.4, 0.5) is 5.95 Å². The van der Waals surface area contributed by atoms with E-state index in [1.165, 1.54) is 0 Å². The Morgan fingerprint density at radius 2 is 2.24 bits per heavy atom. The molecule has 0 bridgehead atoms. The van der Waals surface area contributed by atoms with E-state index >= 15 is 0 Å². The molecule has 0 aliphatic heterocycles. The largest absolute Gasteiger partial charge is 0.317 e. The van der Waals surface area contributed by atoms with Gasteiger partial charge >= 0.3 is 0 Å². The third-order valence-corrected chi connectivity index (χ3v) is 3.73. The van der Waals surface area contributed by atoms with E-state index in [0.29, 0.717) is 12.5 Å². The number of carbonyl (C=O) groups is 1. The Morgan fingerprint density at radius 3 is 2.90 bits per heavy atom. The van der Waals surface area contributed by atoms with Crippen LogP contribution < -0.4 is 11.1 Å². The van der Waals surface area contributed by atoms with Gasteiger partial charge in [0, 0.05) is 4.47 Å². The molecule has 3 rings (SSSR count). The minimum absolute atomic E-state index is 0. The fourth-order valence-electron chi connectivity index (χ4n) is 1.84. The topological polar surface area (TPSA) is 85.8 Å². The van der Waals surface area contributed by atoms with Crippen molar-refractivity contribution in [1.82, 2.24) is 14.8 Å². The van der Waals surface area contributed by atoms with Gasteiger partial charge in [0.2, 0.25) is 11.9 Å². The van der Waals surface area contributed by atoms with Crippen LogP contribution in [0, 0.1) is 0 Å². The van der Waals surface area contributed by atoms with Crippen LogP contribution in [0.5, 0.6) is 0 Å². The zero-order chi connectivity index (χ0) is 14.2. The second-order valence-corrected chi connectivity index (χ2v) is 5.92. The van der Waals surface area contributed by atoms with Gasteiger partial charge < -0.3 is 5.73 Å². The van der Waals surface area contributed by atoms with Gasteiger partial charge in [0.25, 0.3) is 0 Å². The molecule has 0 saturated heterocycles. The van der Waals surface area contributed by atoms with Crippen LogP contribution in [0.2, 0.25) is 0 Å². The first kappa shape index (κ1) is 15.9. The van der Waals surface area contributed by atoms with Crippen LogP contribution in [0.25, 0.3) is 0 Å². The number of nitrogens with two attached hydrogens (primary N) is 1. The molecule has 21 heavy (non-hydrogen) atoms. The number of hydrogen-bond acceptors (Lipinski definition) is 4. The summed E-state index contributed by atoms with van der Waals surface area (Å²) in [4.78, 5) is 15.8. The van der Waals surface area contributed by atoms with E-state index in [9.17, 15) is 4.79 Å². The molecule has 6 nitrogen and oxygen atoms in total. The van der Waals surface area contributed by atoms with Crippen LogP contribution in [-0.4, -0.2) is 26.2 Å². The van der Waals surface area contributed by atoms with Crippen molar-refractivity contribution in [2.24, 2.45) is 5.73 Å². The van der Waals surface area contributed by atoms with Crippen LogP contribution in [0.15, 0.2) is 35.1 Å². The van der Waals surface area contributed by atoms with Gasteiger partial charge in [-0.2, -0.15) is 0 Å². The summed E-state index contributed by atoms with van der Waals surface area (Å²) in [5.41, 5.74) is 6.19. The Kier molecular flexibility index (Phi) is 4.65. The van der Waals surface area contributed by atoms with Crippen molar-refractivity contribution in [3.05, 3.63) is 40.6 Å². The third-order valence-electron chi connectivity index (χ3n) is 3.24. The molecule has 0 radical (unpaired) electrons. The highest BCUT2D eigenvalue weighted by molar-refractivity contribution is 9.10. The summed E-state index contributed by atoms with van der Waals surface area (Å²) >= 11 is 3.43. The molecule has 1 aliphatic carbocycles. The molecule has 1 aliphatic rings. The zero-order valence-electron chi connectivity index (χ0n) is 11.1. The van der Waals surface area contributed by atoms with Crippen molar-refractivity contribution < 1.29 is 4.79 Å². The SMILES string of the molecule is Cl.NC1(C(=O)Nc2ncn(Cc3cccc(Br)c3)n2)CC1. The van der Waals surface area contributed by atoms with E-state index in [4.69, 9.17) is 5.73 Å². The van der Waals surface area contributed by atoms with Crippen molar-refractivity contribution in [1.29, 1.82) is 0 Å². The molecule has 0 unspecified atom stereocenters. The summed E-state index contributed by atoms with van der Waals surface area (Å²) < 4.78 is 2.69.